The fraction of sp³-hybridized carbons (Fsp3) is 0.350. The predicted molar refractivity (Wildman–Crippen MR) is 103 cm³/mol. The van der Waals surface area contributed by atoms with Gasteiger partial charge in [-0.15, -0.1) is 0 Å². The molecule has 132 valence electrons. The second-order valence-corrected chi connectivity index (χ2v) is 6.91. The van der Waals surface area contributed by atoms with Crippen LogP contribution in [0.1, 0.15) is 43.4 Å². The van der Waals surface area contributed by atoms with Crippen molar-refractivity contribution in [3.05, 3.63) is 64.7 Å². The van der Waals surface area contributed by atoms with Crippen molar-refractivity contribution in [2.24, 2.45) is 0 Å². The van der Waals surface area contributed by atoms with E-state index in [1.54, 1.807) is 0 Å². The van der Waals surface area contributed by atoms with E-state index < -0.39 is 0 Å². The van der Waals surface area contributed by atoms with Crippen molar-refractivity contribution >= 4 is 23.2 Å². The number of aryl methyl sites for hydroxylation is 1. The van der Waals surface area contributed by atoms with Crippen molar-refractivity contribution < 1.29 is 4.79 Å². The molecule has 4 nitrogen and oxygen atoms in total. The monoisotopic (exact) mass is 357 g/mol. The highest BCUT2D eigenvalue weighted by atomic mass is 35.5. The first-order valence-electron chi connectivity index (χ1n) is 8.82. The molecule has 2 unspecified atom stereocenters. The second kappa shape index (κ2) is 8.48. The van der Waals surface area contributed by atoms with Crippen LogP contribution in [0.4, 0.5) is 5.69 Å². The minimum atomic E-state index is -0.274. The second-order valence-electron chi connectivity index (χ2n) is 6.47. The summed E-state index contributed by atoms with van der Waals surface area (Å²) in [6.45, 7) is 2.19. The van der Waals surface area contributed by atoms with Gasteiger partial charge in [0.25, 0.3) is 0 Å². The van der Waals surface area contributed by atoms with E-state index in [-0.39, 0.29) is 18.0 Å². The molecule has 3 N–H and O–H groups in total. The van der Waals surface area contributed by atoms with E-state index in [0.717, 1.165) is 17.7 Å². The van der Waals surface area contributed by atoms with Gasteiger partial charge in [0.1, 0.15) is 6.04 Å². The molecule has 1 saturated heterocycles. The van der Waals surface area contributed by atoms with E-state index in [0.29, 0.717) is 11.4 Å². The van der Waals surface area contributed by atoms with Gasteiger partial charge in [-0.25, -0.2) is 10.9 Å². The van der Waals surface area contributed by atoms with Gasteiger partial charge in [0, 0.05) is 16.8 Å². The largest absolute Gasteiger partial charge is 0.325 e. The molecule has 0 aliphatic carbocycles. The zero-order chi connectivity index (χ0) is 17.6. The van der Waals surface area contributed by atoms with Crippen LogP contribution in [0.3, 0.4) is 0 Å². The Morgan fingerprint density at radius 3 is 2.72 bits per heavy atom. The molecule has 1 heterocycles. The number of hydrazine groups is 1. The summed E-state index contributed by atoms with van der Waals surface area (Å²) < 4.78 is 0. The summed E-state index contributed by atoms with van der Waals surface area (Å²) >= 11 is 6.05. The number of halogens is 1. The summed E-state index contributed by atoms with van der Waals surface area (Å²) in [5.41, 5.74) is 9.48. The lowest BCUT2D eigenvalue weighted by molar-refractivity contribution is -0.117. The molecule has 0 saturated carbocycles. The van der Waals surface area contributed by atoms with Gasteiger partial charge in [-0.05, 0) is 54.7 Å². The van der Waals surface area contributed by atoms with Crippen LogP contribution in [0, 0.1) is 0 Å². The Balaban J connectivity index is 1.55. The average Bonchev–Trinajstić information content (AvgIpc) is 3.11. The van der Waals surface area contributed by atoms with E-state index in [1.807, 2.05) is 36.4 Å². The smallest absolute Gasteiger partial charge is 0.242 e. The average molecular weight is 358 g/mol. The first kappa shape index (κ1) is 17.9. The van der Waals surface area contributed by atoms with E-state index in [1.165, 1.54) is 18.4 Å². The van der Waals surface area contributed by atoms with Gasteiger partial charge in [0.15, 0.2) is 0 Å². The maximum atomic E-state index is 12.5. The fourth-order valence-corrected chi connectivity index (χ4v) is 3.23. The minimum Gasteiger partial charge on any atom is -0.325 e. The zero-order valence-electron chi connectivity index (χ0n) is 14.4. The highest BCUT2D eigenvalue weighted by molar-refractivity contribution is 6.30. The van der Waals surface area contributed by atoms with Crippen LogP contribution >= 0.6 is 11.6 Å². The lowest BCUT2D eigenvalue weighted by atomic mass is 10.0. The van der Waals surface area contributed by atoms with Crippen LogP contribution in [0.15, 0.2) is 48.5 Å². The number of unbranched alkanes of at least 4 members (excludes halogenated alkanes) is 1. The Morgan fingerprint density at radius 2 is 2.00 bits per heavy atom. The van der Waals surface area contributed by atoms with Gasteiger partial charge in [-0.1, -0.05) is 49.2 Å². The maximum absolute atomic E-state index is 12.5. The summed E-state index contributed by atoms with van der Waals surface area (Å²) in [5.74, 6) is -0.0293. The molecule has 3 rings (SSSR count). The van der Waals surface area contributed by atoms with Crippen LogP contribution in [0.2, 0.25) is 5.02 Å². The molecule has 1 fully saturated rings. The highest BCUT2D eigenvalue weighted by Gasteiger charge is 2.30. The summed E-state index contributed by atoms with van der Waals surface area (Å²) in [6, 6.07) is 15.6. The third kappa shape index (κ3) is 4.82. The predicted octanol–water partition coefficient (Wildman–Crippen LogP) is 4.23. The summed E-state index contributed by atoms with van der Waals surface area (Å²) in [4.78, 5) is 12.5. The van der Waals surface area contributed by atoms with E-state index in [2.05, 4.69) is 35.2 Å². The SMILES string of the molecule is CCCCc1ccc(NC(=O)C2CC(c3cccc(Cl)c3)NN2)cc1. The van der Waals surface area contributed by atoms with Crippen molar-refractivity contribution in [1.82, 2.24) is 10.9 Å². The molecule has 1 aliphatic rings. The first-order valence-corrected chi connectivity index (χ1v) is 9.20. The number of amides is 1. The molecule has 2 atom stereocenters. The third-order valence-electron chi connectivity index (χ3n) is 4.51. The highest BCUT2D eigenvalue weighted by Crippen LogP contribution is 2.25. The molecule has 0 radical (unpaired) electrons. The van der Waals surface area contributed by atoms with Crippen molar-refractivity contribution in [3.8, 4) is 0 Å². The normalized spacial score (nSPS) is 19.8. The lowest BCUT2D eigenvalue weighted by Crippen LogP contribution is -2.39. The molecular formula is C20H24ClN3O. The van der Waals surface area contributed by atoms with Gasteiger partial charge in [0.05, 0.1) is 0 Å². The molecule has 2 aromatic rings. The molecule has 0 aromatic heterocycles. The van der Waals surface area contributed by atoms with Crippen LogP contribution in [0.25, 0.3) is 0 Å². The standard InChI is InChI=1S/C20H24ClN3O/c1-2-3-5-14-8-10-17(11-9-14)22-20(25)19-13-18(23-24-19)15-6-4-7-16(21)12-15/h4,6-12,18-19,23-24H,2-3,5,13H2,1H3,(H,22,25). The molecule has 1 aliphatic heterocycles. The minimum absolute atomic E-state index is 0.0293. The van der Waals surface area contributed by atoms with E-state index >= 15 is 0 Å². The molecule has 5 heteroatoms. The lowest BCUT2D eigenvalue weighted by Gasteiger charge is -2.11. The van der Waals surface area contributed by atoms with Crippen LogP contribution in [0.5, 0.6) is 0 Å². The molecule has 0 spiro atoms. The summed E-state index contributed by atoms with van der Waals surface area (Å²) in [7, 11) is 0. The van der Waals surface area contributed by atoms with Gasteiger partial charge in [0.2, 0.25) is 5.91 Å². The number of hydrogen-bond acceptors (Lipinski definition) is 3. The number of hydrogen-bond donors (Lipinski definition) is 3. The van der Waals surface area contributed by atoms with E-state index in [9.17, 15) is 4.79 Å². The van der Waals surface area contributed by atoms with Crippen molar-refractivity contribution in [3.63, 3.8) is 0 Å². The quantitative estimate of drug-likeness (QED) is 0.725. The van der Waals surface area contributed by atoms with Crippen LogP contribution < -0.4 is 16.2 Å². The number of carbonyl (C=O) groups excluding carboxylic acids is 1. The third-order valence-corrected chi connectivity index (χ3v) is 4.75. The molecule has 25 heavy (non-hydrogen) atoms. The topological polar surface area (TPSA) is 53.2 Å². The van der Waals surface area contributed by atoms with Gasteiger partial charge >= 0.3 is 0 Å². The zero-order valence-corrected chi connectivity index (χ0v) is 15.1. The Hall–Kier alpha value is -1.88. The maximum Gasteiger partial charge on any atom is 0.242 e. The molecular weight excluding hydrogens is 334 g/mol. The first-order chi connectivity index (χ1) is 12.2. The molecule has 0 bridgehead atoms. The van der Waals surface area contributed by atoms with Crippen molar-refractivity contribution in [2.45, 2.75) is 44.7 Å². The van der Waals surface area contributed by atoms with E-state index in [4.69, 9.17) is 11.6 Å². The fourth-order valence-electron chi connectivity index (χ4n) is 3.04. The van der Waals surface area contributed by atoms with Crippen LogP contribution in [-0.4, -0.2) is 11.9 Å². The number of carbonyl (C=O) groups is 1. The number of rotatable bonds is 6. The van der Waals surface area contributed by atoms with Gasteiger partial charge in [-0.2, -0.15) is 0 Å². The van der Waals surface area contributed by atoms with Crippen LogP contribution in [-0.2, 0) is 11.2 Å². The van der Waals surface area contributed by atoms with Crippen molar-refractivity contribution in [2.75, 3.05) is 5.32 Å². The molecule has 1 amide bonds. The van der Waals surface area contributed by atoms with Gasteiger partial charge in [-0.3, -0.25) is 4.79 Å². The van der Waals surface area contributed by atoms with Gasteiger partial charge < -0.3 is 5.32 Å². The Morgan fingerprint density at radius 1 is 1.20 bits per heavy atom. The van der Waals surface area contributed by atoms with Crippen molar-refractivity contribution in [1.29, 1.82) is 0 Å². The Kier molecular flexibility index (Phi) is 6.08. The summed E-state index contributed by atoms with van der Waals surface area (Å²) in [6.07, 6.45) is 4.14. The Labute approximate surface area is 153 Å². The Bertz CT molecular complexity index is 717. The molecule has 2 aromatic carbocycles. The number of nitrogens with one attached hydrogen (secondary N) is 3. The number of benzene rings is 2. The number of anilines is 1. The summed E-state index contributed by atoms with van der Waals surface area (Å²) in [5, 5.41) is 3.69.